The maximum absolute atomic E-state index is 4.83. The highest BCUT2D eigenvalue weighted by Gasteiger charge is 2.24. The molecule has 0 spiro atoms. The van der Waals surface area contributed by atoms with E-state index in [9.17, 15) is 0 Å². The lowest BCUT2D eigenvalue weighted by Gasteiger charge is -2.11. The van der Waals surface area contributed by atoms with Crippen LogP contribution in [0.5, 0.6) is 0 Å². The van der Waals surface area contributed by atoms with E-state index in [1.807, 2.05) is 0 Å². The van der Waals surface area contributed by atoms with Crippen LogP contribution in [0.4, 0.5) is 0 Å². The predicted molar refractivity (Wildman–Crippen MR) is 89.1 cm³/mol. The summed E-state index contributed by atoms with van der Waals surface area (Å²) in [5.74, 6) is 0.794. The van der Waals surface area contributed by atoms with E-state index < -0.39 is 0 Å². The van der Waals surface area contributed by atoms with Crippen LogP contribution in [0.2, 0.25) is 0 Å². The Balaban J connectivity index is 1.93. The van der Waals surface area contributed by atoms with E-state index in [2.05, 4.69) is 48.9 Å². The molecular formula is C19H26N2. The summed E-state index contributed by atoms with van der Waals surface area (Å²) in [5.41, 5.74) is 5.33. The van der Waals surface area contributed by atoms with E-state index in [-0.39, 0.29) is 0 Å². The summed E-state index contributed by atoms with van der Waals surface area (Å²) in [6, 6.07) is 2.29. The van der Waals surface area contributed by atoms with Gasteiger partial charge in [0.25, 0.3) is 0 Å². The van der Waals surface area contributed by atoms with Crippen molar-refractivity contribution in [1.82, 2.24) is 9.78 Å². The summed E-state index contributed by atoms with van der Waals surface area (Å²) in [5, 5.41) is 4.83. The molecule has 2 nitrogen and oxygen atoms in total. The van der Waals surface area contributed by atoms with E-state index in [4.69, 9.17) is 5.10 Å². The second kappa shape index (κ2) is 6.46. The first kappa shape index (κ1) is 14.4. The Bertz CT molecular complexity index is 559. The van der Waals surface area contributed by atoms with Gasteiger partial charge in [-0.05, 0) is 69.1 Å². The van der Waals surface area contributed by atoms with Crippen LogP contribution in [-0.2, 0) is 13.0 Å². The molecule has 2 heteroatoms. The van der Waals surface area contributed by atoms with Crippen molar-refractivity contribution in [2.45, 2.75) is 58.9 Å². The Morgan fingerprint density at radius 1 is 1.38 bits per heavy atom. The third-order valence-electron chi connectivity index (χ3n) is 4.37. The molecule has 1 aliphatic heterocycles. The number of hydrogen-bond donors (Lipinski definition) is 0. The van der Waals surface area contributed by atoms with Gasteiger partial charge in [0, 0.05) is 17.8 Å². The molecule has 112 valence electrons. The number of fused-ring (bicyclic) bond motifs is 1. The fourth-order valence-electron chi connectivity index (χ4n) is 3.12. The van der Waals surface area contributed by atoms with Gasteiger partial charge >= 0.3 is 0 Å². The lowest BCUT2D eigenvalue weighted by atomic mass is 10.0. The summed E-state index contributed by atoms with van der Waals surface area (Å²) in [4.78, 5) is 0. The highest BCUT2D eigenvalue weighted by molar-refractivity contribution is 5.74. The second-order valence-corrected chi connectivity index (χ2v) is 6.19. The average molecular weight is 282 g/mol. The largest absolute Gasteiger partial charge is 0.269 e. The molecule has 1 fully saturated rings. The van der Waals surface area contributed by atoms with Crippen molar-refractivity contribution in [3.8, 4) is 0 Å². The average Bonchev–Trinajstić information content (AvgIpc) is 3.24. The molecule has 0 saturated heterocycles. The minimum absolute atomic E-state index is 0.794. The van der Waals surface area contributed by atoms with Crippen molar-refractivity contribution in [1.29, 1.82) is 0 Å². The molecular weight excluding hydrogens is 256 g/mol. The van der Waals surface area contributed by atoms with E-state index in [0.717, 1.165) is 24.6 Å². The molecule has 21 heavy (non-hydrogen) atoms. The number of rotatable bonds is 5. The molecule has 0 radical (unpaired) electrons. The van der Waals surface area contributed by atoms with Crippen molar-refractivity contribution in [3.05, 3.63) is 47.3 Å². The molecule has 0 unspecified atom stereocenters. The molecule has 1 aromatic rings. The first-order chi connectivity index (χ1) is 10.3. The monoisotopic (exact) mass is 282 g/mol. The van der Waals surface area contributed by atoms with Gasteiger partial charge < -0.3 is 0 Å². The van der Waals surface area contributed by atoms with Crippen molar-refractivity contribution in [2.75, 3.05) is 0 Å². The zero-order valence-corrected chi connectivity index (χ0v) is 13.3. The molecule has 1 aliphatic carbocycles. The molecule has 2 heterocycles. The van der Waals surface area contributed by atoms with Crippen molar-refractivity contribution in [2.24, 2.45) is 5.92 Å². The highest BCUT2D eigenvalue weighted by Crippen LogP contribution is 2.38. The van der Waals surface area contributed by atoms with Crippen LogP contribution >= 0.6 is 0 Å². The second-order valence-electron chi connectivity index (χ2n) is 6.19. The molecule has 0 atom stereocenters. The number of hydrogen-bond acceptors (Lipinski definition) is 1. The minimum atomic E-state index is 0.794. The van der Waals surface area contributed by atoms with Crippen LogP contribution in [0.25, 0.3) is 5.57 Å². The number of allylic oxidation sites excluding steroid dienone is 6. The number of aryl methyl sites for hydroxylation is 2. The summed E-state index contributed by atoms with van der Waals surface area (Å²) >= 11 is 0. The third kappa shape index (κ3) is 3.37. The zero-order chi connectivity index (χ0) is 14.7. The standard InChI is InChI=1S/C19H26N2/c1-3-7-16(15-10-11-15)13-17(8-4-2)19-14-18-9-5-6-12-21(18)20-19/h4,7-8,13-15H,3,5-6,9-12H2,1-2H3/b8-4-,16-7-,17-13+. The Labute approximate surface area is 128 Å². The zero-order valence-electron chi connectivity index (χ0n) is 13.3. The molecule has 1 saturated carbocycles. The summed E-state index contributed by atoms with van der Waals surface area (Å²) in [6.45, 7) is 5.39. The van der Waals surface area contributed by atoms with E-state index in [1.54, 1.807) is 0 Å². The molecule has 2 aliphatic rings. The lowest BCUT2D eigenvalue weighted by molar-refractivity contribution is 0.485. The molecule has 1 aromatic heterocycles. The minimum Gasteiger partial charge on any atom is -0.269 e. The van der Waals surface area contributed by atoms with Gasteiger partial charge in [-0.1, -0.05) is 25.2 Å². The first-order valence-corrected chi connectivity index (χ1v) is 8.43. The maximum Gasteiger partial charge on any atom is 0.0926 e. The van der Waals surface area contributed by atoms with Gasteiger partial charge in [0.1, 0.15) is 0 Å². The van der Waals surface area contributed by atoms with Crippen LogP contribution < -0.4 is 0 Å². The molecule has 0 aromatic carbocycles. The molecule has 0 N–H and O–H groups in total. The van der Waals surface area contributed by atoms with Crippen molar-refractivity contribution >= 4 is 5.57 Å². The lowest BCUT2D eigenvalue weighted by Crippen LogP contribution is -2.10. The predicted octanol–water partition coefficient (Wildman–Crippen LogP) is 4.93. The van der Waals surface area contributed by atoms with Crippen LogP contribution in [0.15, 0.2) is 35.9 Å². The Morgan fingerprint density at radius 3 is 2.90 bits per heavy atom. The molecule has 0 amide bonds. The smallest absolute Gasteiger partial charge is 0.0926 e. The Hall–Kier alpha value is -1.57. The van der Waals surface area contributed by atoms with Gasteiger partial charge in [-0.15, -0.1) is 0 Å². The Morgan fingerprint density at radius 2 is 2.24 bits per heavy atom. The van der Waals surface area contributed by atoms with Crippen molar-refractivity contribution < 1.29 is 0 Å². The fraction of sp³-hybridized carbons (Fsp3) is 0.526. The normalized spacial score (nSPS) is 20.1. The van der Waals surface area contributed by atoms with Crippen LogP contribution in [0, 0.1) is 5.92 Å². The SMILES string of the molecule is C\C=C/C(=C\C(=C\CC)C1CC1)c1cc2n(n1)CCCC2. The van der Waals surface area contributed by atoms with Gasteiger partial charge in [0.2, 0.25) is 0 Å². The van der Waals surface area contributed by atoms with Gasteiger partial charge in [0.15, 0.2) is 0 Å². The summed E-state index contributed by atoms with van der Waals surface area (Å²) in [7, 11) is 0. The van der Waals surface area contributed by atoms with E-state index >= 15 is 0 Å². The van der Waals surface area contributed by atoms with Crippen molar-refractivity contribution in [3.63, 3.8) is 0 Å². The van der Waals surface area contributed by atoms with Gasteiger partial charge in [-0.2, -0.15) is 5.10 Å². The van der Waals surface area contributed by atoms with Gasteiger partial charge in [-0.25, -0.2) is 0 Å². The molecule has 0 bridgehead atoms. The third-order valence-corrected chi connectivity index (χ3v) is 4.37. The first-order valence-electron chi connectivity index (χ1n) is 8.43. The molecule has 3 rings (SSSR count). The maximum atomic E-state index is 4.83. The van der Waals surface area contributed by atoms with Crippen LogP contribution in [0.1, 0.15) is 57.3 Å². The Kier molecular flexibility index (Phi) is 4.42. The van der Waals surface area contributed by atoms with Crippen LogP contribution in [-0.4, -0.2) is 9.78 Å². The summed E-state index contributed by atoms with van der Waals surface area (Å²) in [6.07, 6.45) is 16.7. The van der Waals surface area contributed by atoms with Gasteiger partial charge in [-0.3, -0.25) is 4.68 Å². The van der Waals surface area contributed by atoms with Crippen LogP contribution in [0.3, 0.4) is 0 Å². The van der Waals surface area contributed by atoms with Gasteiger partial charge in [0.05, 0.1) is 5.69 Å². The topological polar surface area (TPSA) is 17.8 Å². The number of aromatic nitrogens is 2. The number of nitrogens with zero attached hydrogens (tertiary/aromatic N) is 2. The summed E-state index contributed by atoms with van der Waals surface area (Å²) < 4.78 is 2.20. The quantitative estimate of drug-likeness (QED) is 0.700. The van der Waals surface area contributed by atoms with E-state index in [0.29, 0.717) is 0 Å². The fourth-order valence-corrected chi connectivity index (χ4v) is 3.12. The van der Waals surface area contributed by atoms with E-state index in [1.165, 1.54) is 48.9 Å². The highest BCUT2D eigenvalue weighted by atomic mass is 15.3.